The Labute approximate surface area is 114 Å². The van der Waals surface area contributed by atoms with Gasteiger partial charge in [-0.3, -0.25) is 4.99 Å². The number of nitrogens with one attached hydrogen (secondary N) is 1. The summed E-state index contributed by atoms with van der Waals surface area (Å²) in [5.41, 5.74) is 4.17. The molecule has 1 aliphatic carbocycles. The first kappa shape index (κ1) is 11.5. The average molecular weight is 256 g/mol. The van der Waals surface area contributed by atoms with E-state index in [0.29, 0.717) is 12.0 Å². The van der Waals surface area contributed by atoms with Crippen molar-refractivity contribution in [3.05, 3.63) is 23.3 Å². The molecule has 19 heavy (non-hydrogen) atoms. The molecular formula is C16H20N2O. The summed E-state index contributed by atoms with van der Waals surface area (Å²) in [6.07, 6.45) is 5.87. The molecule has 0 radical (unpaired) electrons. The molecule has 3 aliphatic rings. The summed E-state index contributed by atoms with van der Waals surface area (Å²) in [4.78, 5) is 4.66. The molecule has 3 nitrogen and oxygen atoms in total. The maximum Gasteiger partial charge on any atom is 0.121 e. The van der Waals surface area contributed by atoms with Crippen LogP contribution in [0.15, 0.2) is 17.1 Å². The van der Waals surface area contributed by atoms with Crippen LogP contribution in [-0.4, -0.2) is 25.9 Å². The molecule has 1 N–H and O–H groups in total. The van der Waals surface area contributed by atoms with Gasteiger partial charge < -0.3 is 10.1 Å². The Morgan fingerprint density at radius 1 is 1.42 bits per heavy atom. The van der Waals surface area contributed by atoms with E-state index in [4.69, 9.17) is 4.74 Å². The van der Waals surface area contributed by atoms with Crippen LogP contribution in [0.4, 0.5) is 5.69 Å². The van der Waals surface area contributed by atoms with Crippen molar-refractivity contribution in [3.8, 4) is 5.75 Å². The molecule has 0 saturated carbocycles. The lowest BCUT2D eigenvalue weighted by molar-refractivity contribution is 0.285. The molecule has 1 aromatic rings. The molecule has 0 aromatic heterocycles. The topological polar surface area (TPSA) is 33.6 Å². The lowest BCUT2D eigenvalue weighted by Gasteiger charge is -2.44. The van der Waals surface area contributed by atoms with Crippen molar-refractivity contribution in [3.63, 3.8) is 0 Å². The highest BCUT2D eigenvalue weighted by molar-refractivity contribution is 5.87. The van der Waals surface area contributed by atoms with E-state index in [9.17, 15) is 0 Å². The zero-order valence-electron chi connectivity index (χ0n) is 11.6. The van der Waals surface area contributed by atoms with Crippen molar-refractivity contribution < 1.29 is 4.74 Å². The van der Waals surface area contributed by atoms with Gasteiger partial charge in [0.15, 0.2) is 0 Å². The maximum atomic E-state index is 5.46. The zero-order valence-corrected chi connectivity index (χ0v) is 11.6. The van der Waals surface area contributed by atoms with Crippen LogP contribution in [-0.2, 0) is 5.41 Å². The number of methoxy groups -OCH3 is 1. The van der Waals surface area contributed by atoms with Crippen LogP contribution < -0.4 is 10.1 Å². The molecule has 0 bridgehead atoms. The second-order valence-electron chi connectivity index (χ2n) is 6.30. The Hall–Kier alpha value is -1.35. The number of aliphatic imine (C=N–C) groups is 1. The number of hydrogen-bond acceptors (Lipinski definition) is 3. The average Bonchev–Trinajstić information content (AvgIpc) is 2.77. The normalized spacial score (nSPS) is 34.8. The molecular weight excluding hydrogens is 236 g/mol. The SMILES string of the molecule is COc1cc2c3c(c1)[C@H]1CCCN[C@@H]1CC3(C)C=N2. The number of ether oxygens (including phenoxy) is 1. The summed E-state index contributed by atoms with van der Waals surface area (Å²) < 4.78 is 5.46. The summed E-state index contributed by atoms with van der Waals surface area (Å²) >= 11 is 0. The van der Waals surface area contributed by atoms with Crippen molar-refractivity contribution >= 4 is 11.9 Å². The summed E-state index contributed by atoms with van der Waals surface area (Å²) in [7, 11) is 1.74. The van der Waals surface area contributed by atoms with E-state index in [0.717, 1.165) is 18.0 Å². The predicted octanol–water partition coefficient (Wildman–Crippen LogP) is 2.91. The highest BCUT2D eigenvalue weighted by atomic mass is 16.5. The molecule has 0 spiro atoms. The minimum atomic E-state index is 0.114. The van der Waals surface area contributed by atoms with Crippen LogP contribution in [0.2, 0.25) is 0 Å². The van der Waals surface area contributed by atoms with E-state index >= 15 is 0 Å². The fourth-order valence-corrected chi connectivity index (χ4v) is 4.18. The van der Waals surface area contributed by atoms with Gasteiger partial charge in [0.1, 0.15) is 5.75 Å². The quantitative estimate of drug-likeness (QED) is 0.838. The Balaban J connectivity index is 1.93. The van der Waals surface area contributed by atoms with Crippen molar-refractivity contribution in [2.45, 2.75) is 43.6 Å². The van der Waals surface area contributed by atoms with Gasteiger partial charge in [-0.15, -0.1) is 0 Å². The van der Waals surface area contributed by atoms with Gasteiger partial charge >= 0.3 is 0 Å². The minimum absolute atomic E-state index is 0.114. The molecule has 1 saturated heterocycles. The number of nitrogens with zero attached hydrogens (tertiary/aromatic N) is 1. The third kappa shape index (κ3) is 1.51. The van der Waals surface area contributed by atoms with Gasteiger partial charge in [-0.1, -0.05) is 6.92 Å². The molecule has 1 fully saturated rings. The Bertz CT molecular complexity index is 566. The molecule has 100 valence electrons. The molecule has 4 rings (SSSR count). The maximum absolute atomic E-state index is 5.46. The third-order valence-electron chi connectivity index (χ3n) is 5.04. The van der Waals surface area contributed by atoms with Crippen molar-refractivity contribution in [2.75, 3.05) is 13.7 Å². The van der Waals surface area contributed by atoms with E-state index in [2.05, 4.69) is 35.6 Å². The van der Waals surface area contributed by atoms with Crippen molar-refractivity contribution in [2.24, 2.45) is 4.99 Å². The molecule has 1 aromatic carbocycles. The van der Waals surface area contributed by atoms with Gasteiger partial charge in [-0.25, -0.2) is 0 Å². The van der Waals surface area contributed by atoms with Crippen LogP contribution in [0.5, 0.6) is 5.75 Å². The number of rotatable bonds is 1. The van der Waals surface area contributed by atoms with E-state index < -0.39 is 0 Å². The van der Waals surface area contributed by atoms with Crippen LogP contribution in [0, 0.1) is 0 Å². The van der Waals surface area contributed by atoms with E-state index in [1.165, 1.54) is 30.4 Å². The Morgan fingerprint density at radius 2 is 2.32 bits per heavy atom. The lowest BCUT2D eigenvalue weighted by Crippen LogP contribution is -2.48. The van der Waals surface area contributed by atoms with E-state index in [1.54, 1.807) is 7.11 Å². The van der Waals surface area contributed by atoms with Gasteiger partial charge in [-0.05, 0) is 48.9 Å². The van der Waals surface area contributed by atoms with Crippen LogP contribution >= 0.6 is 0 Å². The first-order valence-electron chi connectivity index (χ1n) is 7.22. The van der Waals surface area contributed by atoms with Gasteiger partial charge in [0, 0.05) is 23.7 Å². The molecule has 3 heteroatoms. The molecule has 3 atom stereocenters. The molecule has 0 amide bonds. The van der Waals surface area contributed by atoms with Gasteiger partial charge in [0.2, 0.25) is 0 Å². The standard InChI is InChI=1S/C16H20N2O/c1-16-8-14-11(4-3-5-17-14)12-6-10(19-2)7-13(15(12)16)18-9-16/h6-7,9,11,14,17H,3-5,8H2,1-2H3/t11-,14-,16?/m1/s1. The van der Waals surface area contributed by atoms with Crippen LogP contribution in [0.1, 0.15) is 43.2 Å². The largest absolute Gasteiger partial charge is 0.497 e. The van der Waals surface area contributed by atoms with Crippen molar-refractivity contribution in [1.29, 1.82) is 0 Å². The molecule has 1 unspecified atom stereocenters. The zero-order chi connectivity index (χ0) is 13.0. The van der Waals surface area contributed by atoms with Gasteiger partial charge in [0.25, 0.3) is 0 Å². The van der Waals surface area contributed by atoms with E-state index in [-0.39, 0.29) is 5.41 Å². The molecule has 2 heterocycles. The van der Waals surface area contributed by atoms with Gasteiger partial charge in [-0.2, -0.15) is 0 Å². The Kier molecular flexibility index (Phi) is 2.31. The smallest absolute Gasteiger partial charge is 0.121 e. The highest BCUT2D eigenvalue weighted by Crippen LogP contribution is 2.52. The summed E-state index contributed by atoms with van der Waals surface area (Å²) in [6, 6.07) is 4.92. The van der Waals surface area contributed by atoms with Gasteiger partial charge in [0.05, 0.1) is 12.8 Å². The fraction of sp³-hybridized carbons (Fsp3) is 0.562. The van der Waals surface area contributed by atoms with Crippen LogP contribution in [0.25, 0.3) is 0 Å². The summed E-state index contributed by atoms with van der Waals surface area (Å²) in [5.74, 6) is 1.58. The fourth-order valence-electron chi connectivity index (χ4n) is 4.18. The minimum Gasteiger partial charge on any atom is -0.497 e. The first-order valence-corrected chi connectivity index (χ1v) is 7.22. The van der Waals surface area contributed by atoms with Crippen molar-refractivity contribution in [1.82, 2.24) is 5.32 Å². The number of piperidine rings is 1. The van der Waals surface area contributed by atoms with Crippen LogP contribution in [0.3, 0.4) is 0 Å². The second kappa shape index (κ2) is 3.83. The monoisotopic (exact) mass is 256 g/mol. The lowest BCUT2D eigenvalue weighted by atomic mass is 9.64. The van der Waals surface area contributed by atoms with E-state index in [1.807, 2.05) is 0 Å². The number of benzene rings is 1. The third-order valence-corrected chi connectivity index (χ3v) is 5.04. The summed E-state index contributed by atoms with van der Waals surface area (Å²) in [5, 5.41) is 3.71. The summed E-state index contributed by atoms with van der Waals surface area (Å²) in [6.45, 7) is 3.48. The highest BCUT2D eigenvalue weighted by Gasteiger charge is 2.45. The Morgan fingerprint density at radius 3 is 3.16 bits per heavy atom. The molecule has 2 aliphatic heterocycles. The predicted molar refractivity (Wildman–Crippen MR) is 76.9 cm³/mol. The second-order valence-corrected chi connectivity index (χ2v) is 6.30. The number of fused-ring (bicyclic) bond motifs is 2. The first-order chi connectivity index (χ1) is 9.21. The number of hydrogen-bond donors (Lipinski definition) is 1.